The fourth-order valence-corrected chi connectivity index (χ4v) is 4.00. The normalized spacial score (nSPS) is 11.0. The fourth-order valence-electron chi connectivity index (χ4n) is 4.00. The molecule has 0 saturated carbocycles. The highest BCUT2D eigenvalue weighted by molar-refractivity contribution is 5.94. The largest absolute Gasteiger partial charge is 0.497 e. The van der Waals surface area contributed by atoms with Crippen LogP contribution in [0.1, 0.15) is 18.4 Å². The summed E-state index contributed by atoms with van der Waals surface area (Å²) >= 11 is 0. The Labute approximate surface area is 177 Å². The summed E-state index contributed by atoms with van der Waals surface area (Å²) in [5.41, 5.74) is 12.8. The smallest absolute Gasteiger partial charge is 0.131 e. The monoisotopic (exact) mass is 400 g/mol. The number of fused-ring (bicyclic) bond motifs is 1. The average molecular weight is 401 g/mol. The Balaban J connectivity index is 1.87. The first-order chi connectivity index (χ1) is 14.7. The molecule has 0 unspecified atom stereocenters. The molecular weight excluding hydrogens is 372 g/mol. The third kappa shape index (κ3) is 3.91. The number of aromatic amines is 1. The topological polar surface area (TPSA) is 60.3 Å². The minimum absolute atomic E-state index is 0.707. The summed E-state index contributed by atoms with van der Waals surface area (Å²) in [7, 11) is 3.36. The Kier molecular flexibility index (Phi) is 6.05. The maximum Gasteiger partial charge on any atom is 0.131 e. The number of rotatable bonds is 8. The van der Waals surface area contributed by atoms with Gasteiger partial charge in [-0.15, -0.1) is 0 Å². The Hall–Kier alpha value is -3.24. The molecule has 154 valence electrons. The van der Waals surface area contributed by atoms with E-state index >= 15 is 0 Å². The lowest BCUT2D eigenvalue weighted by molar-refractivity contribution is 0.395. The molecule has 1 heterocycles. The van der Waals surface area contributed by atoms with E-state index in [1.165, 1.54) is 22.1 Å². The molecule has 0 fully saturated rings. The maximum atomic E-state index is 5.77. The van der Waals surface area contributed by atoms with Crippen LogP contribution in [0.5, 0.6) is 11.5 Å². The fraction of sp³-hybridized carbons (Fsp3) is 0.231. The molecule has 4 heteroatoms. The zero-order valence-corrected chi connectivity index (χ0v) is 17.6. The molecule has 0 aliphatic heterocycles. The minimum Gasteiger partial charge on any atom is -0.497 e. The number of benzene rings is 3. The van der Waals surface area contributed by atoms with Crippen LogP contribution in [0.25, 0.3) is 33.3 Å². The predicted molar refractivity (Wildman–Crippen MR) is 124 cm³/mol. The maximum absolute atomic E-state index is 5.77. The van der Waals surface area contributed by atoms with Crippen molar-refractivity contribution in [2.24, 2.45) is 5.73 Å². The Morgan fingerprint density at radius 2 is 1.67 bits per heavy atom. The van der Waals surface area contributed by atoms with Crippen LogP contribution in [0.2, 0.25) is 0 Å². The van der Waals surface area contributed by atoms with Crippen molar-refractivity contribution in [3.63, 3.8) is 0 Å². The molecular formula is C26H28N2O2. The standard InChI is InChI=1S/C26H28N2O2/c1-29-20-12-13-22(25(17-20)30-2)26-21(10-6-7-15-27)23-16-19(11-14-24(23)28-26)18-8-4-3-5-9-18/h3-5,8-9,11-14,16-17,28H,6-7,10,15,27H2,1-2H3. The highest BCUT2D eigenvalue weighted by Gasteiger charge is 2.17. The molecule has 4 nitrogen and oxygen atoms in total. The van der Waals surface area contributed by atoms with Crippen molar-refractivity contribution in [2.75, 3.05) is 20.8 Å². The second-order valence-electron chi connectivity index (χ2n) is 7.42. The SMILES string of the molecule is COc1ccc(-c2[nH]c3ccc(-c4ccccc4)cc3c2CCCCN)c(OC)c1. The number of nitrogens with two attached hydrogens (primary N) is 1. The van der Waals surface area contributed by atoms with Crippen molar-refractivity contribution in [2.45, 2.75) is 19.3 Å². The first-order valence-electron chi connectivity index (χ1n) is 10.4. The second kappa shape index (κ2) is 9.06. The van der Waals surface area contributed by atoms with E-state index in [-0.39, 0.29) is 0 Å². The first kappa shape index (κ1) is 20.0. The van der Waals surface area contributed by atoms with Crippen molar-refractivity contribution in [1.29, 1.82) is 0 Å². The van der Waals surface area contributed by atoms with E-state index in [2.05, 4.69) is 53.5 Å². The van der Waals surface area contributed by atoms with Gasteiger partial charge in [0.15, 0.2) is 0 Å². The van der Waals surface area contributed by atoms with E-state index < -0.39 is 0 Å². The van der Waals surface area contributed by atoms with Crippen LogP contribution in [0.4, 0.5) is 0 Å². The van der Waals surface area contributed by atoms with Gasteiger partial charge in [-0.1, -0.05) is 36.4 Å². The number of nitrogens with one attached hydrogen (secondary N) is 1. The van der Waals surface area contributed by atoms with E-state index in [1.807, 2.05) is 18.2 Å². The lowest BCUT2D eigenvalue weighted by Crippen LogP contribution is -1.99. The third-order valence-corrected chi connectivity index (χ3v) is 5.57. The molecule has 0 spiro atoms. The number of hydrogen-bond donors (Lipinski definition) is 2. The summed E-state index contributed by atoms with van der Waals surface area (Å²) in [5.74, 6) is 1.58. The minimum atomic E-state index is 0.707. The Bertz CT molecular complexity index is 1130. The summed E-state index contributed by atoms with van der Waals surface area (Å²) < 4.78 is 11.1. The number of aryl methyl sites for hydroxylation is 1. The lowest BCUT2D eigenvalue weighted by atomic mass is 9.97. The molecule has 3 aromatic carbocycles. The second-order valence-corrected chi connectivity index (χ2v) is 7.42. The Morgan fingerprint density at radius 1 is 0.833 bits per heavy atom. The number of ether oxygens (including phenoxy) is 2. The summed E-state index contributed by atoms with van der Waals surface area (Å²) in [6, 6.07) is 23.1. The molecule has 0 aliphatic rings. The van der Waals surface area contributed by atoms with Gasteiger partial charge in [0, 0.05) is 22.5 Å². The quantitative estimate of drug-likeness (QED) is 0.367. The van der Waals surface area contributed by atoms with Crippen molar-refractivity contribution < 1.29 is 9.47 Å². The summed E-state index contributed by atoms with van der Waals surface area (Å²) in [6.07, 6.45) is 3.01. The van der Waals surface area contributed by atoms with E-state index in [4.69, 9.17) is 15.2 Å². The van der Waals surface area contributed by atoms with Gasteiger partial charge < -0.3 is 20.2 Å². The van der Waals surface area contributed by atoms with Crippen molar-refractivity contribution in [1.82, 2.24) is 4.98 Å². The van der Waals surface area contributed by atoms with E-state index in [1.54, 1.807) is 14.2 Å². The molecule has 0 amide bonds. The van der Waals surface area contributed by atoms with Gasteiger partial charge in [0.05, 0.1) is 19.9 Å². The van der Waals surface area contributed by atoms with Gasteiger partial charge in [-0.25, -0.2) is 0 Å². The molecule has 0 atom stereocenters. The van der Waals surface area contributed by atoms with Crippen molar-refractivity contribution in [3.05, 3.63) is 72.3 Å². The first-order valence-corrected chi connectivity index (χ1v) is 10.4. The number of aromatic nitrogens is 1. The van der Waals surface area contributed by atoms with Crippen LogP contribution in [0.3, 0.4) is 0 Å². The van der Waals surface area contributed by atoms with Crippen LogP contribution in [-0.2, 0) is 6.42 Å². The zero-order valence-electron chi connectivity index (χ0n) is 17.6. The van der Waals surface area contributed by atoms with Gasteiger partial charge in [-0.3, -0.25) is 0 Å². The molecule has 4 rings (SSSR count). The number of methoxy groups -OCH3 is 2. The highest BCUT2D eigenvalue weighted by atomic mass is 16.5. The number of unbranched alkanes of at least 4 members (excludes halogenated alkanes) is 1. The molecule has 3 N–H and O–H groups in total. The molecule has 0 aliphatic carbocycles. The molecule has 0 saturated heterocycles. The number of hydrogen-bond acceptors (Lipinski definition) is 3. The lowest BCUT2D eigenvalue weighted by Gasteiger charge is -2.12. The van der Waals surface area contributed by atoms with Gasteiger partial charge in [0.25, 0.3) is 0 Å². The van der Waals surface area contributed by atoms with E-state index in [0.717, 1.165) is 47.5 Å². The predicted octanol–water partition coefficient (Wildman–Crippen LogP) is 5.80. The van der Waals surface area contributed by atoms with Crippen molar-refractivity contribution >= 4 is 10.9 Å². The molecule has 0 bridgehead atoms. The van der Waals surface area contributed by atoms with Crippen LogP contribution in [-0.4, -0.2) is 25.7 Å². The van der Waals surface area contributed by atoms with Gasteiger partial charge in [0.1, 0.15) is 11.5 Å². The van der Waals surface area contributed by atoms with Gasteiger partial charge in [0.2, 0.25) is 0 Å². The molecule has 0 radical (unpaired) electrons. The van der Waals surface area contributed by atoms with Gasteiger partial charge in [-0.05, 0) is 66.8 Å². The van der Waals surface area contributed by atoms with Crippen molar-refractivity contribution in [3.8, 4) is 33.9 Å². The summed E-state index contributed by atoms with van der Waals surface area (Å²) in [4.78, 5) is 3.65. The number of H-pyrrole nitrogens is 1. The van der Waals surface area contributed by atoms with Crippen LogP contribution in [0, 0.1) is 0 Å². The summed E-state index contributed by atoms with van der Waals surface area (Å²) in [6.45, 7) is 0.707. The van der Waals surface area contributed by atoms with Crippen LogP contribution >= 0.6 is 0 Å². The highest BCUT2D eigenvalue weighted by Crippen LogP contribution is 2.39. The van der Waals surface area contributed by atoms with Gasteiger partial charge in [-0.2, -0.15) is 0 Å². The molecule has 30 heavy (non-hydrogen) atoms. The summed E-state index contributed by atoms with van der Waals surface area (Å²) in [5, 5.41) is 1.25. The van der Waals surface area contributed by atoms with E-state index in [9.17, 15) is 0 Å². The van der Waals surface area contributed by atoms with Crippen LogP contribution < -0.4 is 15.2 Å². The molecule has 4 aromatic rings. The zero-order chi connectivity index (χ0) is 20.9. The van der Waals surface area contributed by atoms with Crippen LogP contribution in [0.15, 0.2) is 66.7 Å². The Morgan fingerprint density at radius 3 is 2.40 bits per heavy atom. The van der Waals surface area contributed by atoms with E-state index in [0.29, 0.717) is 6.54 Å². The molecule has 1 aromatic heterocycles. The van der Waals surface area contributed by atoms with Gasteiger partial charge >= 0.3 is 0 Å². The average Bonchev–Trinajstić information content (AvgIpc) is 3.17. The third-order valence-electron chi connectivity index (χ3n) is 5.57.